The number of phenolic OH excluding ortho intramolecular Hbond substituents is 1. The fourth-order valence-electron chi connectivity index (χ4n) is 2.15. The molecule has 1 aromatic heterocycles. The number of hydrogen-bond acceptors (Lipinski definition) is 5. The van der Waals surface area contributed by atoms with Gasteiger partial charge in [-0.15, -0.1) is 11.3 Å². The number of anilines is 1. The molecule has 0 spiro atoms. The fourth-order valence-corrected chi connectivity index (χ4v) is 3.75. The van der Waals surface area contributed by atoms with Gasteiger partial charge in [0.25, 0.3) is 0 Å². The molecule has 3 aromatic rings. The monoisotopic (exact) mass is 393 g/mol. The zero-order valence-electron chi connectivity index (χ0n) is 13.5. The number of carbonyl (C=O) groups is 1. The van der Waals surface area contributed by atoms with Gasteiger partial charge in [-0.3, -0.25) is 4.72 Å². The minimum absolute atomic E-state index is 0.0526. The van der Waals surface area contributed by atoms with Crippen LogP contribution in [0.1, 0.15) is 13.8 Å². The van der Waals surface area contributed by atoms with Gasteiger partial charge in [-0.25, -0.2) is 9.78 Å². The Morgan fingerprint density at radius 2 is 2.08 bits per heavy atom. The van der Waals surface area contributed by atoms with Crippen LogP contribution < -0.4 is 10.0 Å². The first-order valence-electron chi connectivity index (χ1n) is 7.55. The molecule has 0 unspecified atom stereocenters. The van der Waals surface area contributed by atoms with Gasteiger partial charge in [-0.2, -0.15) is 0 Å². The molecule has 130 valence electrons. The van der Waals surface area contributed by atoms with E-state index in [0.717, 1.165) is 10.2 Å². The standard InChI is InChI=1S/C17H16ClN3O2S2/c1-9(2)25-21-17(23)19-10-7-11(15(22)12(18)8-10)16-20-13-5-3-4-6-14(13)24-16/h3-9,22H,1-2H3,(H2,19,21,23). The molecule has 3 rings (SSSR count). The number of fused-ring (bicyclic) bond motifs is 1. The lowest BCUT2D eigenvalue weighted by atomic mass is 10.2. The predicted octanol–water partition coefficient (Wildman–Crippen LogP) is 5.50. The van der Waals surface area contributed by atoms with Crippen molar-refractivity contribution in [1.29, 1.82) is 0 Å². The smallest absolute Gasteiger partial charge is 0.329 e. The maximum Gasteiger partial charge on any atom is 0.329 e. The lowest BCUT2D eigenvalue weighted by Gasteiger charge is -2.11. The molecule has 1 heterocycles. The van der Waals surface area contributed by atoms with Gasteiger partial charge in [-0.1, -0.05) is 37.6 Å². The third-order valence-corrected chi connectivity index (χ3v) is 5.37. The summed E-state index contributed by atoms with van der Waals surface area (Å²) in [5, 5.41) is 14.1. The van der Waals surface area contributed by atoms with Crippen LogP contribution in [0.25, 0.3) is 20.8 Å². The maximum absolute atomic E-state index is 11.9. The van der Waals surface area contributed by atoms with Crippen LogP contribution >= 0.6 is 34.9 Å². The summed E-state index contributed by atoms with van der Waals surface area (Å²) in [5.41, 5.74) is 1.82. The van der Waals surface area contributed by atoms with Crippen LogP contribution in [-0.4, -0.2) is 21.4 Å². The lowest BCUT2D eigenvalue weighted by Crippen LogP contribution is -2.24. The minimum atomic E-state index is -0.351. The number of nitrogens with zero attached hydrogens (tertiary/aromatic N) is 1. The zero-order valence-corrected chi connectivity index (χ0v) is 15.9. The highest BCUT2D eigenvalue weighted by Crippen LogP contribution is 2.41. The van der Waals surface area contributed by atoms with E-state index in [9.17, 15) is 9.90 Å². The average Bonchev–Trinajstić information content (AvgIpc) is 3.00. The molecule has 0 aliphatic heterocycles. The molecule has 0 saturated heterocycles. The van der Waals surface area contributed by atoms with E-state index >= 15 is 0 Å². The van der Waals surface area contributed by atoms with Crippen LogP contribution in [-0.2, 0) is 0 Å². The quantitative estimate of drug-likeness (QED) is 0.404. The van der Waals surface area contributed by atoms with Crippen molar-refractivity contribution in [1.82, 2.24) is 9.71 Å². The molecule has 25 heavy (non-hydrogen) atoms. The normalized spacial score (nSPS) is 11.0. The number of urea groups is 1. The van der Waals surface area contributed by atoms with Gasteiger partial charge in [0.05, 0.1) is 20.8 Å². The maximum atomic E-state index is 11.9. The van der Waals surface area contributed by atoms with E-state index in [1.54, 1.807) is 6.07 Å². The molecule has 5 nitrogen and oxygen atoms in total. The van der Waals surface area contributed by atoms with E-state index in [1.807, 2.05) is 38.1 Å². The number of halogens is 1. The molecular weight excluding hydrogens is 378 g/mol. The first-order valence-corrected chi connectivity index (χ1v) is 9.62. The molecule has 2 aromatic carbocycles. The highest BCUT2D eigenvalue weighted by atomic mass is 35.5. The van der Waals surface area contributed by atoms with Crippen LogP contribution in [0.5, 0.6) is 5.75 Å². The van der Waals surface area contributed by atoms with Gasteiger partial charge >= 0.3 is 6.03 Å². The second-order valence-electron chi connectivity index (χ2n) is 5.56. The van der Waals surface area contributed by atoms with E-state index in [2.05, 4.69) is 15.0 Å². The number of aromatic hydroxyl groups is 1. The fraction of sp³-hybridized carbons (Fsp3) is 0.176. The number of phenols is 1. The van der Waals surface area contributed by atoms with Gasteiger partial charge in [0.2, 0.25) is 0 Å². The summed E-state index contributed by atoms with van der Waals surface area (Å²) in [6.45, 7) is 3.96. The Kier molecular flexibility index (Phi) is 5.36. The third kappa shape index (κ3) is 4.18. The highest BCUT2D eigenvalue weighted by molar-refractivity contribution is 7.98. The van der Waals surface area contributed by atoms with Gasteiger partial charge in [0, 0.05) is 10.9 Å². The number of rotatable bonds is 4. The summed E-state index contributed by atoms with van der Waals surface area (Å²) in [5.74, 6) is -0.0526. The van der Waals surface area contributed by atoms with Gasteiger partial charge in [-0.05, 0) is 36.2 Å². The molecule has 0 saturated carbocycles. The van der Waals surface area contributed by atoms with Gasteiger partial charge < -0.3 is 10.4 Å². The molecule has 0 bridgehead atoms. The number of nitrogens with one attached hydrogen (secondary N) is 2. The van der Waals surface area contributed by atoms with Gasteiger partial charge in [0.1, 0.15) is 10.8 Å². The Balaban J connectivity index is 1.91. The molecule has 0 radical (unpaired) electrons. The van der Waals surface area contributed by atoms with Crippen LogP contribution in [0.15, 0.2) is 36.4 Å². The van der Waals surface area contributed by atoms with Crippen molar-refractivity contribution >= 4 is 56.8 Å². The number of amides is 2. The summed E-state index contributed by atoms with van der Waals surface area (Å²) in [6.07, 6.45) is 0. The Hall–Kier alpha value is -1.96. The second-order valence-corrected chi connectivity index (χ2v) is 8.38. The van der Waals surface area contributed by atoms with Crippen molar-refractivity contribution in [2.24, 2.45) is 0 Å². The van der Waals surface area contributed by atoms with Crippen LogP contribution in [0.2, 0.25) is 5.02 Å². The second kappa shape index (κ2) is 7.51. The highest BCUT2D eigenvalue weighted by Gasteiger charge is 2.15. The first-order chi connectivity index (χ1) is 11.9. The zero-order chi connectivity index (χ0) is 18.0. The molecule has 0 atom stereocenters. The molecule has 0 aliphatic rings. The van der Waals surface area contributed by atoms with E-state index in [0.29, 0.717) is 16.3 Å². The Morgan fingerprint density at radius 3 is 2.80 bits per heavy atom. The van der Waals surface area contributed by atoms with Crippen molar-refractivity contribution in [2.45, 2.75) is 19.1 Å². The van der Waals surface area contributed by atoms with E-state index in [4.69, 9.17) is 11.6 Å². The van der Waals surface area contributed by atoms with E-state index in [1.165, 1.54) is 29.4 Å². The predicted molar refractivity (Wildman–Crippen MR) is 107 cm³/mol. The third-order valence-electron chi connectivity index (χ3n) is 3.23. The lowest BCUT2D eigenvalue weighted by molar-refractivity contribution is 0.257. The van der Waals surface area contributed by atoms with Crippen LogP contribution in [0.3, 0.4) is 0 Å². The first kappa shape index (κ1) is 17.8. The summed E-state index contributed by atoms with van der Waals surface area (Å²) in [7, 11) is 0. The largest absolute Gasteiger partial charge is 0.506 e. The number of carbonyl (C=O) groups excluding carboxylic acids is 1. The SMILES string of the molecule is CC(C)SNC(=O)Nc1cc(Cl)c(O)c(-c2nc3ccccc3s2)c1. The molecule has 8 heteroatoms. The topological polar surface area (TPSA) is 74.2 Å². The molecule has 0 fully saturated rings. The van der Waals surface area contributed by atoms with Crippen LogP contribution in [0.4, 0.5) is 10.5 Å². The van der Waals surface area contributed by atoms with Crippen molar-refractivity contribution in [3.05, 3.63) is 41.4 Å². The number of aromatic nitrogens is 1. The molecular formula is C17H16ClN3O2S2. The van der Waals surface area contributed by atoms with Crippen molar-refractivity contribution in [3.8, 4) is 16.3 Å². The average molecular weight is 394 g/mol. The number of benzene rings is 2. The number of thiazole rings is 1. The van der Waals surface area contributed by atoms with Crippen molar-refractivity contribution in [2.75, 3.05) is 5.32 Å². The summed E-state index contributed by atoms with van der Waals surface area (Å²) in [4.78, 5) is 16.5. The minimum Gasteiger partial charge on any atom is -0.506 e. The summed E-state index contributed by atoms with van der Waals surface area (Å²) >= 11 is 8.90. The molecule has 3 N–H and O–H groups in total. The van der Waals surface area contributed by atoms with E-state index < -0.39 is 0 Å². The molecule has 0 aliphatic carbocycles. The van der Waals surface area contributed by atoms with Crippen molar-refractivity contribution in [3.63, 3.8) is 0 Å². The Labute approximate surface area is 158 Å². The van der Waals surface area contributed by atoms with Gasteiger partial charge in [0.15, 0.2) is 0 Å². The number of hydrogen-bond donors (Lipinski definition) is 3. The Bertz CT molecular complexity index is 894. The van der Waals surface area contributed by atoms with Crippen LogP contribution in [0, 0.1) is 0 Å². The van der Waals surface area contributed by atoms with E-state index in [-0.39, 0.29) is 22.1 Å². The molecule has 2 amide bonds. The summed E-state index contributed by atoms with van der Waals surface area (Å²) < 4.78 is 3.70. The van der Waals surface area contributed by atoms with Crippen molar-refractivity contribution < 1.29 is 9.90 Å². The number of para-hydroxylation sites is 1. The summed E-state index contributed by atoms with van der Waals surface area (Å²) in [6, 6.07) is 10.5. The Morgan fingerprint density at radius 1 is 1.32 bits per heavy atom.